The highest BCUT2D eigenvalue weighted by Gasteiger charge is 2.12. The van der Waals surface area contributed by atoms with E-state index in [1.807, 2.05) is 36.7 Å². The predicted octanol–water partition coefficient (Wildman–Crippen LogP) is 4.60. The lowest BCUT2D eigenvalue weighted by Crippen LogP contribution is -2.13. The van der Waals surface area contributed by atoms with Crippen LogP contribution in [0.1, 0.15) is 15.9 Å². The van der Waals surface area contributed by atoms with Crippen molar-refractivity contribution in [2.45, 2.75) is 6.92 Å². The average molecular weight is 351 g/mol. The van der Waals surface area contributed by atoms with Crippen LogP contribution in [0.3, 0.4) is 0 Å². The number of aromatic nitrogens is 1. The van der Waals surface area contributed by atoms with Gasteiger partial charge >= 0.3 is 0 Å². The zero-order valence-electron chi connectivity index (χ0n) is 11.9. The van der Waals surface area contributed by atoms with Crippen molar-refractivity contribution in [3.8, 4) is 0 Å². The Hall–Kier alpha value is -1.62. The maximum atomic E-state index is 12.4. The fourth-order valence-electron chi connectivity index (χ4n) is 2.31. The zero-order valence-corrected chi connectivity index (χ0v) is 14.3. The van der Waals surface area contributed by atoms with Gasteiger partial charge in [0.25, 0.3) is 5.91 Å². The van der Waals surface area contributed by atoms with Crippen molar-refractivity contribution in [2.24, 2.45) is 12.0 Å². The van der Waals surface area contributed by atoms with Gasteiger partial charge in [0.15, 0.2) is 4.80 Å². The monoisotopic (exact) mass is 350 g/mol. The van der Waals surface area contributed by atoms with E-state index >= 15 is 0 Å². The first-order chi connectivity index (χ1) is 10.5. The lowest BCUT2D eigenvalue weighted by Gasteiger charge is -2.00. The first kappa shape index (κ1) is 15.3. The van der Waals surface area contributed by atoms with Crippen molar-refractivity contribution in [3.63, 3.8) is 0 Å². The first-order valence-electron chi connectivity index (χ1n) is 6.56. The van der Waals surface area contributed by atoms with Crippen LogP contribution in [-0.4, -0.2) is 10.5 Å². The van der Waals surface area contributed by atoms with Gasteiger partial charge in [0.1, 0.15) is 0 Å². The minimum Gasteiger partial charge on any atom is -0.319 e. The number of carbonyl (C=O) groups excluding carboxylic acids is 1. The molecular formula is C16H12Cl2N2OS. The van der Waals surface area contributed by atoms with Crippen molar-refractivity contribution < 1.29 is 4.79 Å². The molecule has 3 aromatic rings. The van der Waals surface area contributed by atoms with E-state index in [2.05, 4.69) is 4.99 Å². The molecule has 0 unspecified atom stereocenters. The van der Waals surface area contributed by atoms with Gasteiger partial charge in [-0.05, 0) is 36.8 Å². The van der Waals surface area contributed by atoms with E-state index in [-0.39, 0.29) is 0 Å². The van der Waals surface area contributed by atoms with Gasteiger partial charge in [0.05, 0.1) is 20.8 Å². The maximum absolute atomic E-state index is 12.4. The number of amides is 1. The van der Waals surface area contributed by atoms with Crippen molar-refractivity contribution in [1.29, 1.82) is 0 Å². The molecule has 0 N–H and O–H groups in total. The molecule has 1 heterocycles. The largest absolute Gasteiger partial charge is 0.319 e. The van der Waals surface area contributed by atoms with Crippen LogP contribution in [-0.2, 0) is 7.05 Å². The molecule has 0 saturated carbocycles. The molecule has 2 aromatic carbocycles. The Labute approximate surface area is 141 Å². The number of carbonyl (C=O) groups is 1. The molecule has 0 aliphatic rings. The van der Waals surface area contributed by atoms with Gasteiger partial charge in [0.2, 0.25) is 0 Å². The number of fused-ring (bicyclic) bond motifs is 1. The van der Waals surface area contributed by atoms with Crippen LogP contribution in [0, 0.1) is 6.92 Å². The highest BCUT2D eigenvalue weighted by atomic mass is 35.5. The van der Waals surface area contributed by atoms with E-state index in [0.29, 0.717) is 20.4 Å². The van der Waals surface area contributed by atoms with E-state index in [4.69, 9.17) is 23.2 Å². The molecule has 1 amide bonds. The quantitative estimate of drug-likeness (QED) is 0.631. The molecule has 0 aliphatic carbocycles. The molecule has 3 rings (SSSR count). The molecule has 0 bridgehead atoms. The third-order valence-corrected chi connectivity index (χ3v) is 5.04. The Morgan fingerprint density at radius 2 is 2.00 bits per heavy atom. The van der Waals surface area contributed by atoms with E-state index in [0.717, 1.165) is 15.8 Å². The summed E-state index contributed by atoms with van der Waals surface area (Å²) in [7, 11) is 1.90. The normalized spacial score (nSPS) is 12.1. The maximum Gasteiger partial charge on any atom is 0.281 e. The van der Waals surface area contributed by atoms with Crippen LogP contribution in [0.25, 0.3) is 10.2 Å². The second-order valence-corrected chi connectivity index (χ2v) is 6.76. The predicted molar refractivity (Wildman–Crippen MR) is 91.9 cm³/mol. The van der Waals surface area contributed by atoms with Crippen molar-refractivity contribution in [1.82, 2.24) is 4.57 Å². The van der Waals surface area contributed by atoms with Gasteiger partial charge < -0.3 is 4.57 Å². The minimum atomic E-state index is -0.396. The molecule has 0 aliphatic heterocycles. The molecule has 6 heteroatoms. The second-order valence-electron chi connectivity index (χ2n) is 4.91. The Morgan fingerprint density at radius 1 is 1.23 bits per heavy atom. The van der Waals surface area contributed by atoms with Crippen LogP contribution < -0.4 is 4.80 Å². The molecule has 112 valence electrons. The van der Waals surface area contributed by atoms with Gasteiger partial charge in [-0.15, -0.1) is 0 Å². The zero-order chi connectivity index (χ0) is 15.9. The third-order valence-electron chi connectivity index (χ3n) is 3.38. The van der Waals surface area contributed by atoms with Crippen molar-refractivity contribution in [3.05, 3.63) is 62.4 Å². The molecule has 0 fully saturated rings. The molecule has 22 heavy (non-hydrogen) atoms. The second kappa shape index (κ2) is 5.88. The molecule has 1 aromatic heterocycles. The Kier molecular flexibility index (Phi) is 4.08. The number of hydrogen-bond acceptors (Lipinski definition) is 2. The molecular weight excluding hydrogens is 339 g/mol. The molecule has 0 atom stereocenters. The van der Waals surface area contributed by atoms with Crippen molar-refractivity contribution in [2.75, 3.05) is 0 Å². The standard InChI is InChI=1S/C16H12Cl2N2OS/c1-9-4-3-5-13-14(9)20(2)16(22-13)19-15(21)11-8-10(17)6-7-12(11)18/h3-8H,1-2H3. The summed E-state index contributed by atoms with van der Waals surface area (Å²) >= 11 is 13.5. The number of para-hydroxylation sites is 1. The third kappa shape index (κ3) is 2.70. The number of thiazole rings is 1. The number of nitrogens with zero attached hydrogens (tertiary/aromatic N) is 2. The summed E-state index contributed by atoms with van der Waals surface area (Å²) < 4.78 is 3.01. The van der Waals surface area contributed by atoms with E-state index in [1.54, 1.807) is 12.1 Å². The summed E-state index contributed by atoms with van der Waals surface area (Å²) in [5, 5.41) is 0.803. The van der Waals surface area contributed by atoms with E-state index in [1.165, 1.54) is 17.4 Å². The highest BCUT2D eigenvalue weighted by molar-refractivity contribution is 7.16. The fourth-order valence-corrected chi connectivity index (χ4v) is 3.78. The number of benzene rings is 2. The summed E-state index contributed by atoms with van der Waals surface area (Å²) in [6.07, 6.45) is 0. The Balaban J connectivity index is 2.16. The molecule has 3 nitrogen and oxygen atoms in total. The summed E-state index contributed by atoms with van der Waals surface area (Å²) in [4.78, 5) is 17.2. The summed E-state index contributed by atoms with van der Waals surface area (Å²) in [5.41, 5.74) is 2.53. The van der Waals surface area contributed by atoms with Crippen LogP contribution in [0.15, 0.2) is 41.4 Å². The molecule has 0 spiro atoms. The Morgan fingerprint density at radius 3 is 2.73 bits per heavy atom. The summed E-state index contributed by atoms with van der Waals surface area (Å²) in [6.45, 7) is 2.04. The number of rotatable bonds is 1. The minimum absolute atomic E-state index is 0.309. The van der Waals surface area contributed by atoms with Crippen molar-refractivity contribution >= 4 is 50.7 Å². The lowest BCUT2D eigenvalue weighted by molar-refractivity contribution is 0.0998. The van der Waals surface area contributed by atoms with Crippen LogP contribution >= 0.6 is 34.5 Å². The lowest BCUT2D eigenvalue weighted by atomic mass is 10.2. The fraction of sp³-hybridized carbons (Fsp3) is 0.125. The van der Waals surface area contributed by atoms with Gasteiger partial charge in [-0.25, -0.2) is 0 Å². The average Bonchev–Trinajstić information content (AvgIpc) is 2.79. The van der Waals surface area contributed by atoms with Gasteiger partial charge in [0, 0.05) is 12.1 Å². The smallest absolute Gasteiger partial charge is 0.281 e. The Bertz CT molecular complexity index is 956. The molecule has 0 radical (unpaired) electrons. The van der Waals surface area contributed by atoms with E-state index < -0.39 is 5.91 Å². The van der Waals surface area contributed by atoms with Crippen LogP contribution in [0.4, 0.5) is 0 Å². The van der Waals surface area contributed by atoms with Crippen LogP contribution in [0.2, 0.25) is 10.0 Å². The summed E-state index contributed by atoms with van der Waals surface area (Å²) in [5.74, 6) is -0.396. The summed E-state index contributed by atoms with van der Waals surface area (Å²) in [6, 6.07) is 10.8. The van der Waals surface area contributed by atoms with E-state index in [9.17, 15) is 4.79 Å². The molecule has 0 saturated heterocycles. The van der Waals surface area contributed by atoms with Gasteiger partial charge in [-0.3, -0.25) is 4.79 Å². The number of aryl methyl sites for hydroxylation is 2. The highest BCUT2D eigenvalue weighted by Crippen LogP contribution is 2.22. The number of halogens is 2. The van der Waals surface area contributed by atoms with Gasteiger partial charge in [-0.1, -0.05) is 46.7 Å². The SMILES string of the molecule is Cc1cccc2sc(=NC(=O)c3cc(Cl)ccc3Cl)n(C)c12. The topological polar surface area (TPSA) is 34.4 Å². The van der Waals surface area contributed by atoms with Crippen LogP contribution in [0.5, 0.6) is 0 Å². The number of hydrogen-bond donors (Lipinski definition) is 0. The first-order valence-corrected chi connectivity index (χ1v) is 8.14. The van der Waals surface area contributed by atoms with Gasteiger partial charge in [-0.2, -0.15) is 4.99 Å².